The average Bonchev–Trinajstić information content (AvgIpc) is 3.52. The van der Waals surface area contributed by atoms with Gasteiger partial charge in [-0.25, -0.2) is 0 Å². The lowest BCUT2D eigenvalue weighted by Crippen LogP contribution is -2.14. The van der Waals surface area contributed by atoms with Crippen LogP contribution in [0.4, 0.5) is 0 Å². The Morgan fingerprint density at radius 1 is 0.786 bits per heavy atom. The van der Waals surface area contributed by atoms with E-state index in [1.54, 1.807) is 6.07 Å². The molecule has 0 aromatic heterocycles. The smallest absolute Gasteiger partial charge is 0.309 e. The molecule has 2 aliphatic rings. The first kappa shape index (κ1) is 20.5. The van der Waals surface area contributed by atoms with Crippen LogP contribution in [0.15, 0.2) is 12.1 Å². The molecular weight excluding hydrogens is 360 g/mol. The Labute approximate surface area is 165 Å². The van der Waals surface area contributed by atoms with Crippen LogP contribution in [-0.2, 0) is 22.4 Å². The fourth-order valence-corrected chi connectivity index (χ4v) is 4.20. The Morgan fingerprint density at radius 2 is 1.29 bits per heavy atom. The highest BCUT2D eigenvalue weighted by atomic mass is 16.4. The van der Waals surface area contributed by atoms with Gasteiger partial charge in [-0.2, -0.15) is 0 Å². The number of carbonyl (C=O) groups is 2. The lowest BCUT2D eigenvalue weighted by Gasteiger charge is -2.14. The monoisotopic (exact) mass is 390 g/mol. The van der Waals surface area contributed by atoms with E-state index in [0.717, 1.165) is 62.5 Å². The zero-order valence-corrected chi connectivity index (χ0v) is 16.2. The number of aliphatic carboxylic acids is 2. The third-order valence-electron chi connectivity index (χ3n) is 6.60. The van der Waals surface area contributed by atoms with Gasteiger partial charge < -0.3 is 20.4 Å². The molecule has 0 saturated heterocycles. The maximum absolute atomic E-state index is 11.3. The molecule has 1 aromatic rings. The third-order valence-corrected chi connectivity index (χ3v) is 6.60. The molecule has 3 rings (SSSR count). The van der Waals surface area contributed by atoms with Gasteiger partial charge in [0.1, 0.15) is 11.5 Å². The summed E-state index contributed by atoms with van der Waals surface area (Å²) in [5, 5.41) is 38.6. The van der Waals surface area contributed by atoms with Gasteiger partial charge in [0.05, 0.1) is 10.8 Å². The third kappa shape index (κ3) is 4.59. The molecule has 0 bridgehead atoms. The minimum absolute atomic E-state index is 0.0308. The number of phenols is 2. The van der Waals surface area contributed by atoms with E-state index >= 15 is 0 Å². The largest absolute Gasteiger partial charge is 0.508 e. The standard InChI is InChI=1S/C22H30O6/c23-16-13-15(5-1-3-7-21(9-10-21)19(25)26)17(18(24)14-16)6-2-4-8-22(11-12-22)20(27)28/h13-14,23-24H,1-12H2,(H,25,26)(H,27,28). The number of phenolic OH excluding ortho intramolecular Hbond substituents is 2. The summed E-state index contributed by atoms with van der Waals surface area (Å²) in [4.78, 5) is 22.5. The molecule has 2 aliphatic carbocycles. The van der Waals surface area contributed by atoms with Crippen LogP contribution in [0.2, 0.25) is 0 Å². The number of carboxylic acids is 2. The van der Waals surface area contributed by atoms with Crippen molar-refractivity contribution in [2.24, 2.45) is 10.8 Å². The van der Waals surface area contributed by atoms with Crippen LogP contribution in [0.1, 0.15) is 75.3 Å². The van der Waals surface area contributed by atoms with Crippen molar-refractivity contribution in [2.45, 2.75) is 77.0 Å². The van der Waals surface area contributed by atoms with Crippen molar-refractivity contribution in [3.05, 3.63) is 23.3 Å². The predicted octanol–water partition coefficient (Wildman–Crippen LogP) is 4.25. The number of rotatable bonds is 12. The molecule has 0 radical (unpaired) electrons. The first-order valence-corrected chi connectivity index (χ1v) is 10.3. The molecule has 154 valence electrons. The number of aromatic hydroxyl groups is 2. The molecule has 0 atom stereocenters. The van der Waals surface area contributed by atoms with E-state index in [9.17, 15) is 30.0 Å². The van der Waals surface area contributed by atoms with E-state index in [1.807, 2.05) is 0 Å². The molecule has 0 unspecified atom stereocenters. The molecule has 6 heteroatoms. The number of aryl methyl sites for hydroxylation is 1. The average molecular weight is 390 g/mol. The van der Waals surface area contributed by atoms with E-state index in [1.165, 1.54) is 6.07 Å². The van der Waals surface area contributed by atoms with Crippen molar-refractivity contribution < 1.29 is 30.0 Å². The summed E-state index contributed by atoms with van der Waals surface area (Å²) in [7, 11) is 0. The maximum atomic E-state index is 11.3. The summed E-state index contributed by atoms with van der Waals surface area (Å²) < 4.78 is 0. The van der Waals surface area contributed by atoms with Gasteiger partial charge >= 0.3 is 11.9 Å². The van der Waals surface area contributed by atoms with E-state index in [-0.39, 0.29) is 11.5 Å². The highest BCUT2D eigenvalue weighted by molar-refractivity contribution is 5.78. The van der Waals surface area contributed by atoms with E-state index in [2.05, 4.69) is 0 Å². The lowest BCUT2D eigenvalue weighted by molar-refractivity contribution is -0.144. The summed E-state index contributed by atoms with van der Waals surface area (Å²) in [6.45, 7) is 0. The number of benzene rings is 1. The predicted molar refractivity (Wildman–Crippen MR) is 103 cm³/mol. The van der Waals surface area contributed by atoms with Crippen LogP contribution in [0, 0.1) is 10.8 Å². The fraction of sp³-hybridized carbons (Fsp3) is 0.636. The van der Waals surface area contributed by atoms with Crippen molar-refractivity contribution in [1.82, 2.24) is 0 Å². The molecule has 0 aliphatic heterocycles. The zero-order valence-electron chi connectivity index (χ0n) is 16.2. The van der Waals surface area contributed by atoms with Crippen LogP contribution in [0.3, 0.4) is 0 Å². The first-order valence-electron chi connectivity index (χ1n) is 10.3. The first-order chi connectivity index (χ1) is 13.3. The maximum Gasteiger partial charge on any atom is 0.309 e. The van der Waals surface area contributed by atoms with Crippen LogP contribution in [0.5, 0.6) is 11.5 Å². The van der Waals surface area contributed by atoms with Crippen molar-refractivity contribution in [3.8, 4) is 11.5 Å². The lowest BCUT2D eigenvalue weighted by atomic mass is 9.92. The van der Waals surface area contributed by atoms with Gasteiger partial charge in [-0.15, -0.1) is 0 Å². The Hall–Kier alpha value is -2.24. The van der Waals surface area contributed by atoms with Gasteiger partial charge in [0.15, 0.2) is 0 Å². The highest BCUT2D eigenvalue weighted by Gasteiger charge is 2.49. The van der Waals surface area contributed by atoms with Crippen LogP contribution in [-0.4, -0.2) is 32.4 Å². The molecule has 28 heavy (non-hydrogen) atoms. The molecule has 1 aromatic carbocycles. The number of hydrogen-bond donors (Lipinski definition) is 4. The van der Waals surface area contributed by atoms with Gasteiger partial charge in [-0.3, -0.25) is 9.59 Å². The van der Waals surface area contributed by atoms with Crippen molar-refractivity contribution in [1.29, 1.82) is 0 Å². The van der Waals surface area contributed by atoms with Crippen LogP contribution < -0.4 is 0 Å². The molecule has 6 nitrogen and oxygen atoms in total. The molecule has 2 saturated carbocycles. The Bertz CT molecular complexity index is 746. The Balaban J connectivity index is 1.51. The summed E-state index contributed by atoms with van der Waals surface area (Å²) in [5.41, 5.74) is 0.699. The molecule has 0 spiro atoms. The van der Waals surface area contributed by atoms with Crippen molar-refractivity contribution in [2.75, 3.05) is 0 Å². The second kappa shape index (κ2) is 8.02. The normalized spacial score (nSPS) is 18.6. The van der Waals surface area contributed by atoms with Crippen molar-refractivity contribution in [3.63, 3.8) is 0 Å². The second-order valence-electron chi connectivity index (χ2n) is 8.69. The molecule has 0 heterocycles. The summed E-state index contributed by atoms with van der Waals surface area (Å²) in [5.74, 6) is -1.28. The van der Waals surface area contributed by atoms with Crippen LogP contribution >= 0.6 is 0 Å². The Kier molecular flexibility index (Phi) is 5.87. The minimum atomic E-state index is -0.699. The topological polar surface area (TPSA) is 115 Å². The Morgan fingerprint density at radius 3 is 1.75 bits per heavy atom. The van der Waals surface area contributed by atoms with Gasteiger partial charge in [0, 0.05) is 6.07 Å². The molecule has 4 N–H and O–H groups in total. The SMILES string of the molecule is O=C(O)C1(CCCCc2cc(O)cc(O)c2CCCCC2(C(=O)O)CC2)CC1. The van der Waals surface area contributed by atoms with Gasteiger partial charge in [-0.05, 0) is 81.4 Å². The highest BCUT2D eigenvalue weighted by Crippen LogP contribution is 2.51. The van der Waals surface area contributed by atoms with Gasteiger partial charge in [0.25, 0.3) is 0 Å². The summed E-state index contributed by atoms with van der Waals surface area (Å²) >= 11 is 0. The van der Waals surface area contributed by atoms with E-state index in [4.69, 9.17) is 0 Å². The van der Waals surface area contributed by atoms with Gasteiger partial charge in [-0.1, -0.05) is 12.8 Å². The minimum Gasteiger partial charge on any atom is -0.508 e. The molecule has 2 fully saturated rings. The molecule has 0 amide bonds. The number of hydrogen-bond acceptors (Lipinski definition) is 4. The van der Waals surface area contributed by atoms with E-state index < -0.39 is 22.8 Å². The quantitative estimate of drug-likeness (QED) is 0.397. The fourth-order valence-electron chi connectivity index (χ4n) is 4.20. The van der Waals surface area contributed by atoms with Crippen molar-refractivity contribution >= 4 is 11.9 Å². The van der Waals surface area contributed by atoms with E-state index in [0.29, 0.717) is 25.7 Å². The number of unbranched alkanes of at least 4 members (excludes halogenated alkanes) is 2. The second-order valence-corrected chi connectivity index (χ2v) is 8.69. The number of carboxylic acid groups (broad SMARTS) is 2. The summed E-state index contributed by atoms with van der Waals surface area (Å²) in [6.07, 6.45) is 8.95. The summed E-state index contributed by atoms with van der Waals surface area (Å²) in [6, 6.07) is 3.03. The van der Waals surface area contributed by atoms with Gasteiger partial charge in [0.2, 0.25) is 0 Å². The van der Waals surface area contributed by atoms with Crippen LogP contribution in [0.25, 0.3) is 0 Å². The molecular formula is C22H30O6. The zero-order chi connectivity index (χ0) is 20.4.